The first kappa shape index (κ1) is 15.6. The maximum Gasteiger partial charge on any atom is 0.269 e. The molecule has 0 bridgehead atoms. The molecule has 0 saturated carbocycles. The van der Waals surface area contributed by atoms with Crippen molar-refractivity contribution < 1.29 is 4.79 Å². The first-order chi connectivity index (χ1) is 9.67. The number of nitrogens with one attached hydrogen (secondary N) is 3. The normalized spacial score (nSPS) is 19.6. The Hall–Kier alpha value is -1.81. The molecular weight excluding hydrogens is 262 g/mol. The molecule has 0 unspecified atom stereocenters. The number of hydrazine groups is 1. The largest absolute Gasteiger partial charge is 0.303 e. The molecule has 1 aliphatic heterocycles. The molecule has 0 radical (unpaired) electrons. The van der Waals surface area contributed by atoms with Crippen molar-refractivity contribution in [1.82, 2.24) is 16.2 Å². The van der Waals surface area contributed by atoms with Crippen molar-refractivity contribution in [3.8, 4) is 0 Å². The molecule has 4 heteroatoms. The molecule has 1 amide bonds. The van der Waals surface area contributed by atoms with E-state index in [1.807, 2.05) is 31.2 Å². The summed E-state index contributed by atoms with van der Waals surface area (Å²) in [6, 6.07) is 7.53. The number of rotatable bonds is 3. The van der Waals surface area contributed by atoms with Crippen LogP contribution in [0.1, 0.15) is 50.0 Å². The van der Waals surface area contributed by atoms with E-state index in [0.717, 1.165) is 17.7 Å². The molecule has 0 aliphatic carbocycles. The summed E-state index contributed by atoms with van der Waals surface area (Å²) in [5.41, 5.74) is 8.57. The van der Waals surface area contributed by atoms with Crippen molar-refractivity contribution in [3.05, 3.63) is 47.2 Å². The van der Waals surface area contributed by atoms with Crippen LogP contribution in [0.2, 0.25) is 0 Å². The van der Waals surface area contributed by atoms with Gasteiger partial charge in [0.1, 0.15) is 0 Å². The van der Waals surface area contributed by atoms with Crippen LogP contribution in [0.4, 0.5) is 0 Å². The Morgan fingerprint density at radius 1 is 1.14 bits per heavy atom. The van der Waals surface area contributed by atoms with Gasteiger partial charge in [0.2, 0.25) is 0 Å². The summed E-state index contributed by atoms with van der Waals surface area (Å²) in [6.45, 7) is 10.6. The lowest BCUT2D eigenvalue weighted by Crippen LogP contribution is -2.56. The standard InChI is InChI=1S/C17H25N3O/c1-12-6-8-13(9-7-12)15(21)19-18-14-10-16(2,3)20-17(4,5)11-14/h6-10,18,20H,11H2,1-5H3,(H,19,21). The van der Waals surface area contributed by atoms with E-state index >= 15 is 0 Å². The van der Waals surface area contributed by atoms with Gasteiger partial charge < -0.3 is 10.7 Å². The van der Waals surface area contributed by atoms with E-state index in [1.165, 1.54) is 0 Å². The van der Waals surface area contributed by atoms with Gasteiger partial charge in [0, 0.05) is 28.8 Å². The monoisotopic (exact) mass is 287 g/mol. The number of aryl methyl sites for hydroxylation is 1. The molecule has 3 N–H and O–H groups in total. The second-order valence-corrected chi connectivity index (χ2v) is 7.02. The highest BCUT2D eigenvalue weighted by Gasteiger charge is 2.32. The van der Waals surface area contributed by atoms with Crippen molar-refractivity contribution >= 4 is 5.91 Å². The van der Waals surface area contributed by atoms with Gasteiger partial charge in [0.15, 0.2) is 0 Å². The third-order valence-electron chi connectivity index (χ3n) is 3.48. The highest BCUT2D eigenvalue weighted by Crippen LogP contribution is 2.25. The summed E-state index contributed by atoms with van der Waals surface area (Å²) in [5, 5.41) is 3.56. The topological polar surface area (TPSA) is 53.2 Å². The molecule has 0 atom stereocenters. The van der Waals surface area contributed by atoms with E-state index in [2.05, 4.69) is 49.9 Å². The number of amides is 1. The third-order valence-corrected chi connectivity index (χ3v) is 3.48. The fourth-order valence-corrected chi connectivity index (χ4v) is 2.91. The van der Waals surface area contributed by atoms with Gasteiger partial charge in [0.05, 0.1) is 0 Å². The van der Waals surface area contributed by atoms with Crippen molar-refractivity contribution in [2.75, 3.05) is 0 Å². The molecule has 4 nitrogen and oxygen atoms in total. The van der Waals surface area contributed by atoms with Crippen molar-refractivity contribution in [2.24, 2.45) is 0 Å². The van der Waals surface area contributed by atoms with Crippen LogP contribution in [-0.4, -0.2) is 17.0 Å². The average Bonchev–Trinajstić information content (AvgIpc) is 2.33. The third kappa shape index (κ3) is 4.33. The fraction of sp³-hybridized carbons (Fsp3) is 0.471. The number of hydrogen-bond donors (Lipinski definition) is 3. The Balaban J connectivity index is 2.01. The predicted molar refractivity (Wildman–Crippen MR) is 85.8 cm³/mol. The molecule has 1 aromatic rings. The Labute approximate surface area is 127 Å². The second kappa shape index (κ2) is 5.53. The Kier molecular flexibility index (Phi) is 4.10. The first-order valence-electron chi connectivity index (χ1n) is 7.31. The van der Waals surface area contributed by atoms with Crippen molar-refractivity contribution in [3.63, 3.8) is 0 Å². The summed E-state index contributed by atoms with van der Waals surface area (Å²) < 4.78 is 0. The van der Waals surface area contributed by atoms with Gasteiger partial charge in [-0.3, -0.25) is 10.2 Å². The van der Waals surface area contributed by atoms with E-state index in [1.54, 1.807) is 0 Å². The molecule has 1 aliphatic rings. The lowest BCUT2D eigenvalue weighted by atomic mass is 9.86. The fourth-order valence-electron chi connectivity index (χ4n) is 2.91. The Morgan fingerprint density at radius 2 is 1.76 bits per heavy atom. The van der Waals surface area contributed by atoms with Gasteiger partial charge >= 0.3 is 0 Å². The Bertz CT molecular complexity index is 556. The average molecular weight is 287 g/mol. The molecule has 1 heterocycles. The molecule has 1 aromatic carbocycles. The summed E-state index contributed by atoms with van der Waals surface area (Å²) in [5.74, 6) is -0.120. The quantitative estimate of drug-likeness (QED) is 0.749. The SMILES string of the molecule is Cc1ccc(C(=O)NNC2=CC(C)(C)NC(C)(C)C2)cc1. The molecule has 21 heavy (non-hydrogen) atoms. The first-order valence-corrected chi connectivity index (χ1v) is 7.31. The van der Waals surface area contributed by atoms with E-state index < -0.39 is 0 Å². The highest BCUT2D eigenvalue weighted by atomic mass is 16.2. The van der Waals surface area contributed by atoms with Gasteiger partial charge in [-0.1, -0.05) is 17.7 Å². The Morgan fingerprint density at radius 3 is 2.33 bits per heavy atom. The van der Waals surface area contributed by atoms with Crippen LogP contribution in [0.25, 0.3) is 0 Å². The molecular formula is C17H25N3O. The summed E-state index contributed by atoms with van der Waals surface area (Å²) >= 11 is 0. The van der Waals surface area contributed by atoms with E-state index in [-0.39, 0.29) is 17.0 Å². The van der Waals surface area contributed by atoms with Crippen LogP contribution < -0.4 is 16.2 Å². The van der Waals surface area contributed by atoms with Gasteiger partial charge in [-0.15, -0.1) is 0 Å². The lowest BCUT2D eigenvalue weighted by Gasteiger charge is -2.41. The molecule has 0 spiro atoms. The van der Waals surface area contributed by atoms with Gasteiger partial charge in [-0.2, -0.15) is 0 Å². The van der Waals surface area contributed by atoms with Crippen LogP contribution in [0.3, 0.4) is 0 Å². The highest BCUT2D eigenvalue weighted by molar-refractivity contribution is 5.93. The predicted octanol–water partition coefficient (Wildman–Crippen LogP) is 2.66. The zero-order valence-corrected chi connectivity index (χ0v) is 13.5. The number of carbonyl (C=O) groups is 1. The summed E-state index contributed by atoms with van der Waals surface area (Å²) in [4.78, 5) is 12.1. The van der Waals surface area contributed by atoms with Crippen LogP contribution in [-0.2, 0) is 0 Å². The number of carbonyl (C=O) groups excluding carboxylic acids is 1. The maximum atomic E-state index is 12.1. The minimum absolute atomic E-state index is 0.00479. The van der Waals surface area contributed by atoms with Crippen molar-refractivity contribution in [1.29, 1.82) is 0 Å². The minimum atomic E-state index is -0.120. The minimum Gasteiger partial charge on any atom is -0.303 e. The molecule has 0 saturated heterocycles. The molecule has 114 valence electrons. The van der Waals surface area contributed by atoms with Crippen LogP contribution >= 0.6 is 0 Å². The second-order valence-electron chi connectivity index (χ2n) is 7.02. The molecule has 2 rings (SSSR count). The van der Waals surface area contributed by atoms with Crippen LogP contribution in [0, 0.1) is 6.92 Å². The lowest BCUT2D eigenvalue weighted by molar-refractivity contribution is 0.0935. The van der Waals surface area contributed by atoms with Crippen LogP contribution in [0.5, 0.6) is 0 Å². The zero-order valence-electron chi connectivity index (χ0n) is 13.5. The van der Waals surface area contributed by atoms with Gasteiger partial charge in [-0.25, -0.2) is 0 Å². The van der Waals surface area contributed by atoms with Crippen LogP contribution in [0.15, 0.2) is 36.0 Å². The number of benzene rings is 1. The van der Waals surface area contributed by atoms with E-state index in [4.69, 9.17) is 0 Å². The zero-order chi connectivity index (χ0) is 15.7. The van der Waals surface area contributed by atoms with E-state index in [0.29, 0.717) is 5.56 Å². The summed E-state index contributed by atoms with van der Waals surface area (Å²) in [6.07, 6.45) is 2.96. The molecule has 0 fully saturated rings. The summed E-state index contributed by atoms with van der Waals surface area (Å²) in [7, 11) is 0. The maximum absolute atomic E-state index is 12.1. The molecule has 0 aromatic heterocycles. The van der Waals surface area contributed by atoms with Gasteiger partial charge in [-0.05, 0) is 52.8 Å². The number of hydrogen-bond acceptors (Lipinski definition) is 3. The smallest absolute Gasteiger partial charge is 0.269 e. The van der Waals surface area contributed by atoms with E-state index in [9.17, 15) is 4.79 Å². The van der Waals surface area contributed by atoms with Crippen molar-refractivity contribution in [2.45, 2.75) is 52.1 Å². The van der Waals surface area contributed by atoms with Gasteiger partial charge in [0.25, 0.3) is 5.91 Å².